The zero-order chi connectivity index (χ0) is 24.8. The van der Waals surface area contributed by atoms with Gasteiger partial charge in [-0.25, -0.2) is 8.42 Å². The number of nitrogens with one attached hydrogen (secondary N) is 1. The highest BCUT2D eigenvalue weighted by Gasteiger charge is 2.32. The van der Waals surface area contributed by atoms with E-state index in [2.05, 4.69) is 5.32 Å². The van der Waals surface area contributed by atoms with Crippen molar-refractivity contribution >= 4 is 50.7 Å². The van der Waals surface area contributed by atoms with E-state index in [0.29, 0.717) is 13.0 Å². The Hall–Kier alpha value is -2.29. The minimum Gasteiger partial charge on any atom is -0.355 e. The summed E-state index contributed by atoms with van der Waals surface area (Å²) in [6, 6.07) is 11.4. The lowest BCUT2D eigenvalue weighted by molar-refractivity contribution is -0.140. The van der Waals surface area contributed by atoms with Crippen molar-refractivity contribution in [1.82, 2.24) is 10.2 Å². The number of carbonyl (C=O) groups is 2. The minimum absolute atomic E-state index is 0.0262. The molecule has 0 aromatic heterocycles. The molecule has 2 aromatic rings. The maximum absolute atomic E-state index is 13.5. The third-order valence-electron chi connectivity index (χ3n) is 5.09. The molecule has 0 radical (unpaired) electrons. The molecule has 0 saturated carbocycles. The molecule has 0 bridgehead atoms. The normalized spacial score (nSPS) is 12.2. The van der Waals surface area contributed by atoms with Crippen molar-refractivity contribution in [3.8, 4) is 0 Å². The van der Waals surface area contributed by atoms with Crippen LogP contribution in [0.3, 0.4) is 0 Å². The summed E-state index contributed by atoms with van der Waals surface area (Å²) in [6.45, 7) is 5.58. The number of hydrogen-bond acceptors (Lipinski definition) is 4. The van der Waals surface area contributed by atoms with Crippen LogP contribution in [0.15, 0.2) is 42.5 Å². The van der Waals surface area contributed by atoms with Crippen molar-refractivity contribution in [2.75, 3.05) is 23.7 Å². The van der Waals surface area contributed by atoms with E-state index in [4.69, 9.17) is 23.2 Å². The van der Waals surface area contributed by atoms with E-state index in [1.54, 1.807) is 19.9 Å². The van der Waals surface area contributed by atoms with Gasteiger partial charge in [0.05, 0.1) is 22.0 Å². The average molecular weight is 514 g/mol. The largest absolute Gasteiger partial charge is 0.355 e. The van der Waals surface area contributed by atoms with Crippen LogP contribution in [-0.4, -0.2) is 50.5 Å². The molecule has 0 spiro atoms. The fraction of sp³-hybridized carbons (Fsp3) is 0.391. The summed E-state index contributed by atoms with van der Waals surface area (Å²) in [6.07, 6.45) is 1.35. The van der Waals surface area contributed by atoms with Crippen LogP contribution in [0.2, 0.25) is 10.0 Å². The van der Waals surface area contributed by atoms with Crippen molar-refractivity contribution in [1.29, 1.82) is 0 Å². The predicted molar refractivity (Wildman–Crippen MR) is 133 cm³/mol. The van der Waals surface area contributed by atoms with Crippen LogP contribution in [0.4, 0.5) is 5.69 Å². The first-order valence-electron chi connectivity index (χ1n) is 10.5. The van der Waals surface area contributed by atoms with Crippen LogP contribution in [0, 0.1) is 6.92 Å². The summed E-state index contributed by atoms with van der Waals surface area (Å²) in [7, 11) is -3.88. The molecule has 180 valence electrons. The van der Waals surface area contributed by atoms with Gasteiger partial charge in [0.25, 0.3) is 0 Å². The molecule has 0 fully saturated rings. The Morgan fingerprint density at radius 3 is 2.24 bits per heavy atom. The van der Waals surface area contributed by atoms with Gasteiger partial charge in [-0.15, -0.1) is 0 Å². The van der Waals surface area contributed by atoms with Gasteiger partial charge in [0.1, 0.15) is 12.6 Å². The van der Waals surface area contributed by atoms with Crippen LogP contribution in [0.5, 0.6) is 0 Å². The van der Waals surface area contributed by atoms with Gasteiger partial charge in [0.15, 0.2) is 0 Å². The van der Waals surface area contributed by atoms with Crippen molar-refractivity contribution in [3.63, 3.8) is 0 Å². The van der Waals surface area contributed by atoms with Gasteiger partial charge in [-0.05, 0) is 38.0 Å². The van der Waals surface area contributed by atoms with Crippen molar-refractivity contribution < 1.29 is 18.0 Å². The summed E-state index contributed by atoms with van der Waals surface area (Å²) in [4.78, 5) is 27.7. The monoisotopic (exact) mass is 513 g/mol. The topological polar surface area (TPSA) is 86.8 Å². The molecule has 2 amide bonds. The molecule has 0 aliphatic rings. The average Bonchev–Trinajstić information content (AvgIpc) is 2.75. The predicted octanol–water partition coefficient (Wildman–Crippen LogP) is 4.01. The van der Waals surface area contributed by atoms with Gasteiger partial charge < -0.3 is 10.2 Å². The van der Waals surface area contributed by atoms with Gasteiger partial charge in [0, 0.05) is 13.1 Å². The molecule has 0 aliphatic carbocycles. The van der Waals surface area contributed by atoms with Crippen LogP contribution < -0.4 is 9.62 Å². The first kappa shape index (κ1) is 27.0. The van der Waals surface area contributed by atoms with Crippen molar-refractivity contribution in [3.05, 3.63) is 63.6 Å². The second-order valence-corrected chi connectivity index (χ2v) is 10.4. The smallest absolute Gasteiger partial charge is 0.244 e. The summed E-state index contributed by atoms with van der Waals surface area (Å²) < 4.78 is 26.1. The lowest BCUT2D eigenvalue weighted by Gasteiger charge is -2.33. The Labute approximate surface area is 205 Å². The van der Waals surface area contributed by atoms with Crippen molar-refractivity contribution in [2.24, 2.45) is 0 Å². The number of halogens is 2. The fourth-order valence-electron chi connectivity index (χ4n) is 3.38. The fourth-order valence-corrected chi connectivity index (χ4v) is 4.68. The van der Waals surface area contributed by atoms with E-state index in [1.807, 2.05) is 31.2 Å². The molecular formula is C23H29Cl2N3O4S. The number of carbonyl (C=O) groups excluding carboxylic acids is 2. The van der Waals surface area contributed by atoms with Gasteiger partial charge in [0.2, 0.25) is 21.8 Å². The number of sulfonamides is 1. The Morgan fingerprint density at radius 1 is 1.06 bits per heavy atom. The number of likely N-dealkylation sites (N-methyl/N-ethyl adjacent to an activating group) is 1. The number of rotatable bonds is 10. The molecule has 10 heteroatoms. The number of benzene rings is 2. The third kappa shape index (κ3) is 7.09. The van der Waals surface area contributed by atoms with Gasteiger partial charge in [-0.3, -0.25) is 13.9 Å². The Bertz CT molecular complexity index is 1090. The molecule has 33 heavy (non-hydrogen) atoms. The van der Waals surface area contributed by atoms with Crippen LogP contribution in [0.1, 0.15) is 31.4 Å². The van der Waals surface area contributed by atoms with Crippen molar-refractivity contribution in [2.45, 2.75) is 39.8 Å². The Morgan fingerprint density at radius 2 is 1.70 bits per heavy atom. The number of anilines is 1. The van der Waals surface area contributed by atoms with E-state index in [0.717, 1.165) is 21.7 Å². The van der Waals surface area contributed by atoms with E-state index < -0.39 is 28.5 Å². The van der Waals surface area contributed by atoms with E-state index in [9.17, 15) is 18.0 Å². The highest BCUT2D eigenvalue weighted by Crippen LogP contribution is 2.33. The summed E-state index contributed by atoms with van der Waals surface area (Å²) in [5, 5.41) is 2.95. The number of amides is 2. The maximum Gasteiger partial charge on any atom is 0.244 e. The zero-order valence-corrected chi connectivity index (χ0v) is 21.5. The highest BCUT2D eigenvalue weighted by molar-refractivity contribution is 7.92. The molecule has 2 aromatic carbocycles. The lowest BCUT2D eigenvalue weighted by Crippen LogP contribution is -2.52. The molecule has 0 aliphatic heterocycles. The standard InChI is InChI=1S/C23H29Cl2N3O4S/c1-5-19(23(30)26-6-2)27(14-17-12-10-16(3)11-13-17)21(29)15-28(33(4,31)32)20-9-7-8-18(24)22(20)25/h7-13,19H,5-6,14-15H2,1-4H3,(H,26,30). The van der Waals surface area contributed by atoms with Crippen LogP contribution >= 0.6 is 23.2 Å². The number of hydrogen-bond donors (Lipinski definition) is 1. The van der Waals surface area contributed by atoms with E-state index >= 15 is 0 Å². The Balaban J connectivity index is 2.47. The first-order valence-corrected chi connectivity index (χ1v) is 13.1. The zero-order valence-electron chi connectivity index (χ0n) is 19.1. The van der Waals surface area contributed by atoms with Gasteiger partial charge in [-0.2, -0.15) is 0 Å². The highest BCUT2D eigenvalue weighted by atomic mass is 35.5. The van der Waals surface area contributed by atoms with E-state index in [1.165, 1.54) is 17.0 Å². The molecule has 0 heterocycles. The molecule has 1 atom stereocenters. The molecular weight excluding hydrogens is 485 g/mol. The van der Waals surface area contributed by atoms with Gasteiger partial charge in [-0.1, -0.05) is 66.0 Å². The van der Waals surface area contributed by atoms with Crippen LogP contribution in [0.25, 0.3) is 0 Å². The second-order valence-electron chi connectivity index (χ2n) is 7.67. The van der Waals surface area contributed by atoms with E-state index in [-0.39, 0.29) is 28.2 Å². The molecule has 7 nitrogen and oxygen atoms in total. The molecule has 0 saturated heterocycles. The summed E-state index contributed by atoms with van der Waals surface area (Å²) in [5.74, 6) is -0.831. The maximum atomic E-state index is 13.5. The summed E-state index contributed by atoms with van der Waals surface area (Å²) >= 11 is 12.3. The first-order chi connectivity index (χ1) is 15.5. The lowest BCUT2D eigenvalue weighted by atomic mass is 10.1. The SMILES string of the molecule is CCNC(=O)C(CC)N(Cc1ccc(C)cc1)C(=O)CN(c1cccc(Cl)c1Cl)S(C)(=O)=O. The Kier molecular flexibility index (Phi) is 9.57. The third-order valence-corrected chi connectivity index (χ3v) is 7.02. The molecule has 1 unspecified atom stereocenters. The molecule has 2 rings (SSSR count). The second kappa shape index (κ2) is 11.7. The quantitative estimate of drug-likeness (QED) is 0.519. The summed E-state index contributed by atoms with van der Waals surface area (Å²) in [5.41, 5.74) is 1.98. The van der Waals surface area contributed by atoms with Gasteiger partial charge >= 0.3 is 0 Å². The minimum atomic E-state index is -3.88. The molecule has 1 N–H and O–H groups in total. The number of aryl methyl sites for hydroxylation is 1. The number of nitrogens with zero attached hydrogens (tertiary/aromatic N) is 2. The van der Waals surface area contributed by atoms with Crippen LogP contribution in [-0.2, 0) is 26.2 Å².